The molecule has 1 unspecified atom stereocenters. The van der Waals surface area contributed by atoms with Crippen LogP contribution < -0.4 is 10.6 Å². The van der Waals surface area contributed by atoms with Gasteiger partial charge in [0.1, 0.15) is 23.7 Å². The summed E-state index contributed by atoms with van der Waals surface area (Å²) in [5.41, 5.74) is 12.1. The number of benzene rings is 2. The van der Waals surface area contributed by atoms with Gasteiger partial charge in [0.25, 0.3) is 0 Å². The van der Waals surface area contributed by atoms with Crippen molar-refractivity contribution in [3.8, 4) is 33.6 Å². The molecule has 4 heterocycles. The van der Waals surface area contributed by atoms with Crippen LogP contribution >= 0.6 is 0 Å². The van der Waals surface area contributed by atoms with Gasteiger partial charge in [-0.25, -0.2) is 19.6 Å². The Morgan fingerprint density at radius 1 is 0.638 bits per heavy atom. The van der Waals surface area contributed by atoms with Crippen molar-refractivity contribution in [2.24, 2.45) is 11.8 Å². The number of rotatable bonds is 10. The number of hydrogen-bond donors (Lipinski definition) is 4. The Labute approximate surface area is 338 Å². The first-order chi connectivity index (χ1) is 27.9. The Hall–Kier alpha value is -5.66. The second-order valence-corrected chi connectivity index (χ2v) is 16.8. The molecule has 14 nitrogen and oxygen atoms in total. The van der Waals surface area contributed by atoms with E-state index in [1.165, 1.54) is 47.6 Å². The first kappa shape index (κ1) is 39.2. The largest absolute Gasteiger partial charge is 0.453 e. The summed E-state index contributed by atoms with van der Waals surface area (Å²) in [6, 6.07) is 7.45. The van der Waals surface area contributed by atoms with Gasteiger partial charge in [-0.2, -0.15) is 0 Å². The molecule has 0 saturated carbocycles. The number of nitrogens with zero attached hydrogens (tertiary/aromatic N) is 4. The van der Waals surface area contributed by atoms with Crippen LogP contribution in [0.25, 0.3) is 33.6 Å². The van der Waals surface area contributed by atoms with Gasteiger partial charge in [0.2, 0.25) is 11.8 Å². The summed E-state index contributed by atoms with van der Waals surface area (Å²) in [4.78, 5) is 71.9. The number of imidazole rings is 2. The number of ether oxygens (including phenoxy) is 2. The van der Waals surface area contributed by atoms with Crippen LogP contribution in [0.3, 0.4) is 0 Å². The van der Waals surface area contributed by atoms with E-state index in [9.17, 15) is 19.2 Å². The van der Waals surface area contributed by atoms with Crippen molar-refractivity contribution in [2.45, 2.75) is 103 Å². The van der Waals surface area contributed by atoms with Crippen molar-refractivity contribution >= 4 is 24.0 Å². The summed E-state index contributed by atoms with van der Waals surface area (Å²) >= 11 is 0. The molecule has 4 aliphatic rings. The van der Waals surface area contributed by atoms with E-state index in [4.69, 9.17) is 19.4 Å². The lowest BCUT2D eigenvalue weighted by Gasteiger charge is -2.31. The maximum absolute atomic E-state index is 13.7. The van der Waals surface area contributed by atoms with Gasteiger partial charge in [0, 0.05) is 24.2 Å². The number of H-pyrrole nitrogens is 2. The predicted molar refractivity (Wildman–Crippen MR) is 218 cm³/mol. The molecule has 4 aromatic rings. The molecule has 14 heteroatoms. The minimum absolute atomic E-state index is 0.0995. The molecule has 0 radical (unpaired) electrons. The lowest BCUT2D eigenvalue weighted by Crippen LogP contribution is -2.51. The number of aromatic amines is 2. The zero-order chi connectivity index (χ0) is 40.8. The summed E-state index contributed by atoms with van der Waals surface area (Å²) in [5.74, 6) is 1.08. The number of methoxy groups -OCH3 is 2. The summed E-state index contributed by atoms with van der Waals surface area (Å²) in [5, 5.41) is 5.45. The highest BCUT2D eigenvalue weighted by molar-refractivity contribution is 5.88. The number of nitrogens with one attached hydrogen (secondary N) is 4. The van der Waals surface area contributed by atoms with Gasteiger partial charge in [-0.05, 0) is 121 Å². The molecule has 306 valence electrons. The summed E-state index contributed by atoms with van der Waals surface area (Å²) < 4.78 is 9.59. The highest BCUT2D eigenvalue weighted by atomic mass is 16.5. The van der Waals surface area contributed by atoms with Gasteiger partial charge < -0.3 is 39.9 Å². The quantitative estimate of drug-likeness (QED) is 0.142. The van der Waals surface area contributed by atoms with Gasteiger partial charge in [-0.3, -0.25) is 9.59 Å². The SMILES string of the molecule is COC(=O)N[C@H](C(=O)N1CCCC1c1ncc(-c2cc3c4c(c2)CCc2cc(-c5cnc([C@@H]6CCCN6C(=O)[C@@H](NC(=O)OC)C(C)C)[nH]5)cc(c2-4)CC3)[nH]1)C(C)C. The molecule has 8 rings (SSSR count). The smallest absolute Gasteiger partial charge is 0.407 e. The Morgan fingerprint density at radius 2 is 1.00 bits per heavy atom. The number of amides is 4. The van der Waals surface area contributed by atoms with Crippen molar-refractivity contribution < 1.29 is 28.7 Å². The van der Waals surface area contributed by atoms with E-state index < -0.39 is 24.3 Å². The van der Waals surface area contributed by atoms with Gasteiger partial charge in [-0.1, -0.05) is 27.7 Å². The normalized spacial score (nSPS) is 19.2. The van der Waals surface area contributed by atoms with Gasteiger partial charge in [0.15, 0.2) is 0 Å². The fourth-order valence-corrected chi connectivity index (χ4v) is 9.51. The number of aromatic nitrogens is 4. The minimum Gasteiger partial charge on any atom is -0.453 e. The maximum atomic E-state index is 13.7. The topological polar surface area (TPSA) is 175 Å². The summed E-state index contributed by atoms with van der Waals surface area (Å²) in [7, 11) is 2.60. The molecule has 2 saturated heterocycles. The summed E-state index contributed by atoms with van der Waals surface area (Å²) in [6.07, 6.45) is 9.55. The molecule has 0 spiro atoms. The third-order valence-corrected chi connectivity index (χ3v) is 12.5. The van der Waals surface area contributed by atoms with Gasteiger partial charge in [-0.15, -0.1) is 0 Å². The van der Waals surface area contributed by atoms with E-state index in [-0.39, 0.29) is 35.7 Å². The Kier molecular flexibility index (Phi) is 10.8. The molecule has 4 amide bonds. The molecule has 58 heavy (non-hydrogen) atoms. The highest BCUT2D eigenvalue weighted by Crippen LogP contribution is 2.46. The molecular formula is C44H54N8O6. The van der Waals surface area contributed by atoms with E-state index in [0.717, 1.165) is 85.5 Å². The number of carbonyl (C=O) groups is 4. The maximum Gasteiger partial charge on any atom is 0.407 e. The van der Waals surface area contributed by atoms with Crippen molar-refractivity contribution in [1.29, 1.82) is 0 Å². The fourth-order valence-electron chi connectivity index (χ4n) is 9.51. The van der Waals surface area contributed by atoms with E-state index in [2.05, 4.69) is 44.9 Å². The van der Waals surface area contributed by atoms with Crippen LogP contribution in [0.1, 0.15) is 99.4 Å². The van der Waals surface area contributed by atoms with E-state index in [0.29, 0.717) is 13.1 Å². The lowest BCUT2D eigenvalue weighted by molar-refractivity contribution is -0.136. The van der Waals surface area contributed by atoms with Crippen LogP contribution in [-0.2, 0) is 44.7 Å². The monoisotopic (exact) mass is 790 g/mol. The van der Waals surface area contributed by atoms with Crippen LogP contribution in [0.15, 0.2) is 36.7 Å². The van der Waals surface area contributed by atoms with E-state index >= 15 is 0 Å². The van der Waals surface area contributed by atoms with Crippen molar-refractivity contribution in [1.82, 2.24) is 40.4 Å². The molecule has 2 fully saturated rings. The highest BCUT2D eigenvalue weighted by Gasteiger charge is 2.39. The average Bonchev–Trinajstić information content (AvgIpc) is 4.06. The Morgan fingerprint density at radius 3 is 1.33 bits per heavy atom. The molecule has 4 N–H and O–H groups in total. The van der Waals surface area contributed by atoms with Crippen molar-refractivity contribution in [2.75, 3.05) is 27.3 Å². The van der Waals surface area contributed by atoms with E-state index in [1.807, 2.05) is 49.9 Å². The zero-order valence-corrected chi connectivity index (χ0v) is 34.2. The summed E-state index contributed by atoms with van der Waals surface area (Å²) in [6.45, 7) is 8.88. The predicted octanol–water partition coefficient (Wildman–Crippen LogP) is 6.42. The van der Waals surface area contributed by atoms with Gasteiger partial charge >= 0.3 is 12.2 Å². The minimum atomic E-state index is -0.681. The van der Waals surface area contributed by atoms with Crippen LogP contribution in [0.5, 0.6) is 0 Å². The van der Waals surface area contributed by atoms with Crippen LogP contribution in [-0.4, -0.2) is 93.1 Å². The third kappa shape index (κ3) is 7.21. The Balaban J connectivity index is 1.01. The number of alkyl carbamates (subject to hydrolysis) is 2. The van der Waals surface area contributed by atoms with E-state index in [1.54, 1.807) is 0 Å². The van der Waals surface area contributed by atoms with Gasteiger partial charge in [0.05, 0.1) is 50.1 Å². The van der Waals surface area contributed by atoms with Crippen LogP contribution in [0.4, 0.5) is 9.59 Å². The standard InChI is InChI=1S/C44H54N8O6/c1-23(2)37(49-43(55)57-5)41(53)51-15-7-9-33(51)39-45-21-31(47-39)29-17-25-11-13-27-19-30(20-28-14-12-26(18-29)35(25)36(27)28)32-22-46-40(48-32)34-10-8-16-52(34)42(54)38(24(3)4)50-44(56)58-6/h17-24,33-34,37-38H,7-16H2,1-6H3,(H,45,47)(H,46,48)(H,49,55)(H,50,56)/t33-,34?,37-,38-/m0/s1. The molecule has 2 aliphatic heterocycles. The molecule has 4 atom stereocenters. The number of carbonyl (C=O) groups excluding carboxylic acids is 4. The van der Waals surface area contributed by atoms with Crippen molar-refractivity contribution in [3.63, 3.8) is 0 Å². The number of aryl methyl sites for hydroxylation is 4. The average molecular weight is 791 g/mol. The Bertz CT molecular complexity index is 2040. The van der Waals surface area contributed by atoms with Crippen LogP contribution in [0, 0.1) is 11.8 Å². The molecule has 0 bridgehead atoms. The second kappa shape index (κ2) is 15.9. The van der Waals surface area contributed by atoms with Crippen molar-refractivity contribution in [3.05, 3.63) is 70.6 Å². The third-order valence-electron chi connectivity index (χ3n) is 12.5. The molecule has 2 aromatic carbocycles. The fraction of sp³-hybridized carbons (Fsp3) is 0.500. The molecular weight excluding hydrogens is 737 g/mol. The number of likely N-dealkylation sites (tertiary alicyclic amines) is 2. The first-order valence-electron chi connectivity index (χ1n) is 20.7. The number of hydrogen-bond acceptors (Lipinski definition) is 8. The lowest BCUT2D eigenvalue weighted by atomic mass is 9.74. The second-order valence-electron chi connectivity index (χ2n) is 16.8. The zero-order valence-electron chi connectivity index (χ0n) is 34.2. The molecule has 2 aliphatic carbocycles. The first-order valence-corrected chi connectivity index (χ1v) is 20.7. The van der Waals surface area contributed by atoms with Crippen LogP contribution in [0.2, 0.25) is 0 Å². The molecule has 2 aromatic heterocycles.